The molecule has 0 aliphatic heterocycles. The van der Waals surface area contributed by atoms with E-state index in [0.717, 1.165) is 57.7 Å². The van der Waals surface area contributed by atoms with E-state index in [-0.39, 0.29) is 5.82 Å². The summed E-state index contributed by atoms with van der Waals surface area (Å²) < 4.78 is 7.37. The first kappa shape index (κ1) is 20.5. The minimum Gasteiger partial charge on any atom is -0.452 e. The fourth-order valence-corrected chi connectivity index (χ4v) is 3.84. The summed E-state index contributed by atoms with van der Waals surface area (Å²) in [7, 11) is 2.77. The number of hydrogen-bond acceptors (Lipinski definition) is 6. The van der Waals surface area contributed by atoms with Crippen LogP contribution in [0.4, 0.5) is 5.82 Å². The number of carbonyl (C=O) groups is 2. The fourth-order valence-electron chi connectivity index (χ4n) is 3.84. The van der Waals surface area contributed by atoms with E-state index in [9.17, 15) is 19.2 Å². The van der Waals surface area contributed by atoms with Crippen molar-refractivity contribution in [1.29, 1.82) is 0 Å². The second-order valence-electron chi connectivity index (χ2n) is 7.53. The van der Waals surface area contributed by atoms with Crippen molar-refractivity contribution >= 4 is 28.6 Å². The lowest BCUT2D eigenvalue weighted by molar-refractivity contribution is -0.119. The van der Waals surface area contributed by atoms with E-state index < -0.39 is 29.7 Å². The number of nitrogens with zero attached hydrogens (tertiary/aromatic N) is 3. The lowest BCUT2D eigenvalue weighted by Crippen LogP contribution is -2.38. The molecule has 0 saturated heterocycles. The van der Waals surface area contributed by atoms with Crippen molar-refractivity contribution in [3.05, 3.63) is 68.0 Å². The molecule has 0 radical (unpaired) electrons. The van der Waals surface area contributed by atoms with Gasteiger partial charge in [-0.25, -0.2) is 9.59 Å². The quantitative estimate of drug-likeness (QED) is 0.635. The van der Waals surface area contributed by atoms with Crippen molar-refractivity contribution in [1.82, 2.24) is 14.1 Å². The number of anilines is 1. The first-order valence-corrected chi connectivity index (χ1v) is 10.0. The van der Waals surface area contributed by atoms with E-state index in [4.69, 9.17) is 9.72 Å². The van der Waals surface area contributed by atoms with Crippen LogP contribution in [0.2, 0.25) is 0 Å². The first-order valence-electron chi connectivity index (χ1n) is 10.0. The molecule has 0 unspecified atom stereocenters. The van der Waals surface area contributed by atoms with Gasteiger partial charge in [-0.2, -0.15) is 0 Å². The molecule has 3 aromatic rings. The fraction of sp³-hybridized carbons (Fsp3) is 0.318. The van der Waals surface area contributed by atoms with Gasteiger partial charge in [0.25, 0.3) is 11.5 Å². The highest BCUT2D eigenvalue weighted by atomic mass is 16.5. The Hall–Kier alpha value is -3.75. The molecule has 2 aromatic heterocycles. The van der Waals surface area contributed by atoms with Gasteiger partial charge in [-0.15, -0.1) is 0 Å². The zero-order valence-electron chi connectivity index (χ0n) is 17.3. The molecule has 2 heterocycles. The Morgan fingerprint density at radius 2 is 1.84 bits per heavy atom. The number of aryl methyl sites for hydroxylation is 1. The van der Waals surface area contributed by atoms with Crippen LogP contribution < -0.4 is 16.6 Å². The number of esters is 1. The predicted octanol–water partition coefficient (Wildman–Crippen LogP) is 1.31. The Balaban J connectivity index is 1.56. The third-order valence-corrected chi connectivity index (χ3v) is 5.50. The van der Waals surface area contributed by atoms with Crippen molar-refractivity contribution in [2.75, 3.05) is 11.9 Å². The number of rotatable bonds is 4. The van der Waals surface area contributed by atoms with Crippen molar-refractivity contribution in [2.24, 2.45) is 14.1 Å². The Morgan fingerprint density at radius 3 is 2.65 bits per heavy atom. The maximum atomic E-state index is 13.0. The molecule has 0 fully saturated rings. The summed E-state index contributed by atoms with van der Waals surface area (Å²) in [6.45, 7) is -0.548. The number of benzene rings is 1. The van der Waals surface area contributed by atoms with E-state index in [1.165, 1.54) is 14.1 Å². The third-order valence-electron chi connectivity index (χ3n) is 5.50. The van der Waals surface area contributed by atoms with E-state index in [1.54, 1.807) is 0 Å². The molecule has 1 aromatic carbocycles. The number of ether oxygens (including phenoxy) is 1. The first-order chi connectivity index (χ1) is 14.9. The summed E-state index contributed by atoms with van der Waals surface area (Å²) in [5, 5.41) is 3.14. The van der Waals surface area contributed by atoms with Crippen LogP contribution in [0.3, 0.4) is 0 Å². The van der Waals surface area contributed by atoms with Gasteiger partial charge in [0.15, 0.2) is 6.61 Å². The van der Waals surface area contributed by atoms with Crippen molar-refractivity contribution in [2.45, 2.75) is 25.7 Å². The molecule has 1 amide bonds. The summed E-state index contributed by atoms with van der Waals surface area (Å²) in [6.07, 6.45) is 3.52. The molecule has 9 heteroatoms. The highest BCUT2D eigenvalue weighted by Crippen LogP contribution is 2.29. The standard InChI is InChI=1S/C22H22N4O5/c1-25-17(11-19(28)26(2)22(25)30)24-18(27)12-31-21(29)20-13-7-3-5-9-15(13)23-16-10-6-4-8-14(16)20/h3,5,7,9,11H,4,6,8,10,12H2,1-2H3,(H,24,27). The number of nitrogens with one attached hydrogen (secondary N) is 1. The van der Waals surface area contributed by atoms with Crippen LogP contribution in [0.25, 0.3) is 10.9 Å². The molecule has 9 nitrogen and oxygen atoms in total. The highest BCUT2D eigenvalue weighted by Gasteiger charge is 2.24. The molecule has 0 spiro atoms. The smallest absolute Gasteiger partial charge is 0.339 e. The average Bonchev–Trinajstić information content (AvgIpc) is 2.78. The minimum atomic E-state index is -0.649. The molecule has 31 heavy (non-hydrogen) atoms. The predicted molar refractivity (Wildman–Crippen MR) is 114 cm³/mol. The average molecular weight is 422 g/mol. The van der Waals surface area contributed by atoms with Crippen LogP contribution >= 0.6 is 0 Å². The van der Waals surface area contributed by atoms with E-state index in [2.05, 4.69) is 5.32 Å². The monoisotopic (exact) mass is 422 g/mol. The van der Waals surface area contributed by atoms with Crippen molar-refractivity contribution in [3.63, 3.8) is 0 Å². The lowest BCUT2D eigenvalue weighted by atomic mass is 9.90. The Morgan fingerprint density at radius 1 is 1.10 bits per heavy atom. The number of fused-ring (bicyclic) bond motifs is 2. The van der Waals surface area contributed by atoms with Gasteiger partial charge in [-0.3, -0.25) is 23.7 Å². The Labute approximate surface area is 177 Å². The Kier molecular flexibility index (Phi) is 5.41. The molecule has 0 bridgehead atoms. The van der Waals surface area contributed by atoms with Crippen molar-refractivity contribution in [3.8, 4) is 0 Å². The van der Waals surface area contributed by atoms with Gasteiger partial charge in [0.05, 0.1) is 11.1 Å². The lowest BCUT2D eigenvalue weighted by Gasteiger charge is -2.20. The van der Waals surface area contributed by atoms with Gasteiger partial charge in [0.1, 0.15) is 5.82 Å². The summed E-state index contributed by atoms with van der Waals surface area (Å²) >= 11 is 0. The Bertz CT molecular complexity index is 1320. The summed E-state index contributed by atoms with van der Waals surface area (Å²) in [5.74, 6) is -1.21. The molecule has 0 saturated carbocycles. The molecule has 160 valence electrons. The SMILES string of the molecule is Cn1c(NC(=O)COC(=O)c2c3c(nc4ccccc24)CCCC3)cc(=O)n(C)c1=O. The third kappa shape index (κ3) is 3.86. The zero-order valence-corrected chi connectivity index (χ0v) is 17.3. The van der Waals surface area contributed by atoms with Crippen LogP contribution in [0.5, 0.6) is 0 Å². The summed E-state index contributed by atoms with van der Waals surface area (Å²) in [5.41, 5.74) is 1.82. The summed E-state index contributed by atoms with van der Waals surface area (Å²) in [6, 6.07) is 8.50. The van der Waals surface area contributed by atoms with E-state index in [0.29, 0.717) is 10.9 Å². The molecule has 1 aliphatic rings. The van der Waals surface area contributed by atoms with Crippen LogP contribution in [0, 0.1) is 0 Å². The molecule has 1 N–H and O–H groups in total. The maximum Gasteiger partial charge on any atom is 0.339 e. The zero-order chi connectivity index (χ0) is 22.1. The van der Waals surface area contributed by atoms with Gasteiger partial charge in [-0.05, 0) is 37.3 Å². The maximum absolute atomic E-state index is 13.0. The van der Waals surface area contributed by atoms with Crippen LogP contribution in [-0.2, 0) is 36.5 Å². The minimum absolute atomic E-state index is 0.0286. The number of para-hydroxylation sites is 1. The summed E-state index contributed by atoms with van der Waals surface area (Å²) in [4.78, 5) is 53.8. The van der Waals surface area contributed by atoms with Crippen molar-refractivity contribution < 1.29 is 14.3 Å². The molecule has 0 atom stereocenters. The molecule has 4 rings (SSSR count). The van der Waals surface area contributed by atoms with Gasteiger partial charge in [-0.1, -0.05) is 18.2 Å². The normalized spacial score (nSPS) is 13.0. The van der Waals surface area contributed by atoms with Gasteiger partial charge in [0.2, 0.25) is 0 Å². The van der Waals surface area contributed by atoms with E-state index in [1.807, 2.05) is 24.3 Å². The van der Waals surface area contributed by atoms with Gasteiger partial charge >= 0.3 is 11.7 Å². The largest absolute Gasteiger partial charge is 0.452 e. The van der Waals surface area contributed by atoms with Crippen LogP contribution in [-0.4, -0.2) is 32.6 Å². The second-order valence-corrected chi connectivity index (χ2v) is 7.53. The van der Waals surface area contributed by atoms with Gasteiger partial charge in [0, 0.05) is 31.2 Å². The van der Waals surface area contributed by atoms with Gasteiger partial charge < -0.3 is 10.1 Å². The molecular formula is C22H22N4O5. The number of aromatic nitrogens is 3. The van der Waals surface area contributed by atoms with Crippen LogP contribution in [0.15, 0.2) is 39.9 Å². The topological polar surface area (TPSA) is 112 Å². The van der Waals surface area contributed by atoms with E-state index >= 15 is 0 Å². The number of pyridine rings is 1. The number of hydrogen-bond donors (Lipinski definition) is 1. The second kappa shape index (κ2) is 8.17. The number of carbonyl (C=O) groups excluding carboxylic acids is 2. The molecule has 1 aliphatic carbocycles. The van der Waals surface area contributed by atoms with Crippen LogP contribution in [0.1, 0.15) is 34.5 Å². The highest BCUT2D eigenvalue weighted by molar-refractivity contribution is 6.06. The molecular weight excluding hydrogens is 400 g/mol. The number of amides is 1.